The van der Waals surface area contributed by atoms with E-state index in [1.54, 1.807) is 0 Å². The van der Waals surface area contributed by atoms with Crippen LogP contribution in [0.4, 0.5) is 0 Å². The summed E-state index contributed by atoms with van der Waals surface area (Å²) in [7, 11) is 0. The first kappa shape index (κ1) is 14.8. The van der Waals surface area contributed by atoms with Gasteiger partial charge in [-0.05, 0) is 25.9 Å². The van der Waals surface area contributed by atoms with Crippen molar-refractivity contribution >= 4 is 24.8 Å². The van der Waals surface area contributed by atoms with Crippen LogP contribution in [0.5, 0.6) is 0 Å². The lowest BCUT2D eigenvalue weighted by atomic mass is 9.95. The fourth-order valence-corrected chi connectivity index (χ4v) is 1.90. The number of nitrogens with one attached hydrogen (secondary N) is 2. The molecular formula is C10H19Cl2N3. The van der Waals surface area contributed by atoms with E-state index in [1.165, 1.54) is 18.5 Å². The van der Waals surface area contributed by atoms with Gasteiger partial charge in [-0.3, -0.25) is 0 Å². The van der Waals surface area contributed by atoms with Gasteiger partial charge in [0.25, 0.3) is 0 Å². The van der Waals surface area contributed by atoms with Crippen LogP contribution in [0.2, 0.25) is 0 Å². The molecule has 2 heterocycles. The van der Waals surface area contributed by atoms with Gasteiger partial charge < -0.3 is 10.3 Å². The van der Waals surface area contributed by atoms with Crippen molar-refractivity contribution in [2.75, 3.05) is 13.1 Å². The van der Waals surface area contributed by atoms with E-state index in [2.05, 4.69) is 22.2 Å². The van der Waals surface area contributed by atoms with Crippen molar-refractivity contribution in [1.29, 1.82) is 0 Å². The molecule has 88 valence electrons. The van der Waals surface area contributed by atoms with Crippen LogP contribution in [0.25, 0.3) is 0 Å². The van der Waals surface area contributed by atoms with E-state index >= 15 is 0 Å². The maximum absolute atomic E-state index is 4.33. The molecule has 0 radical (unpaired) electrons. The second-order valence-corrected chi connectivity index (χ2v) is 3.66. The van der Waals surface area contributed by atoms with Gasteiger partial charge in [-0.2, -0.15) is 0 Å². The average molecular weight is 252 g/mol. The Hall–Kier alpha value is -0.250. The van der Waals surface area contributed by atoms with Crippen LogP contribution >= 0.6 is 24.8 Å². The molecule has 1 aliphatic rings. The number of nitrogens with zero attached hydrogens (tertiary/aromatic N) is 1. The minimum Gasteiger partial charge on any atom is -0.346 e. The van der Waals surface area contributed by atoms with Crippen molar-refractivity contribution in [2.45, 2.75) is 32.1 Å². The Kier molecular flexibility index (Phi) is 6.98. The van der Waals surface area contributed by atoms with Gasteiger partial charge >= 0.3 is 0 Å². The Morgan fingerprint density at radius 3 is 2.53 bits per heavy atom. The lowest BCUT2D eigenvalue weighted by Gasteiger charge is -2.21. The molecule has 3 nitrogen and oxygen atoms in total. The van der Waals surface area contributed by atoms with E-state index in [0.717, 1.165) is 25.3 Å². The molecule has 0 aromatic carbocycles. The largest absolute Gasteiger partial charge is 0.346 e. The van der Waals surface area contributed by atoms with Crippen molar-refractivity contribution < 1.29 is 0 Å². The summed E-state index contributed by atoms with van der Waals surface area (Å²) in [5.41, 5.74) is 1.33. The second-order valence-electron chi connectivity index (χ2n) is 3.66. The fraction of sp³-hybridized carbons (Fsp3) is 0.700. The summed E-state index contributed by atoms with van der Waals surface area (Å²) < 4.78 is 0. The molecule has 0 atom stereocenters. The van der Waals surface area contributed by atoms with Gasteiger partial charge in [0.1, 0.15) is 5.82 Å². The molecule has 1 aliphatic heterocycles. The molecule has 0 saturated carbocycles. The quantitative estimate of drug-likeness (QED) is 0.847. The number of aromatic amines is 1. The summed E-state index contributed by atoms with van der Waals surface area (Å²) in [6.07, 6.45) is 5.50. The maximum Gasteiger partial charge on any atom is 0.105 e. The molecule has 0 unspecified atom stereocenters. The molecular weight excluding hydrogens is 233 g/mol. The van der Waals surface area contributed by atoms with Crippen molar-refractivity contribution in [3.05, 3.63) is 17.7 Å². The van der Waals surface area contributed by atoms with Gasteiger partial charge in [0.15, 0.2) is 0 Å². The first-order valence-corrected chi connectivity index (χ1v) is 5.14. The summed E-state index contributed by atoms with van der Waals surface area (Å²) in [6.45, 7) is 4.42. The number of H-pyrrole nitrogens is 1. The number of halogens is 2. The summed E-state index contributed by atoms with van der Waals surface area (Å²) in [4.78, 5) is 7.73. The van der Waals surface area contributed by atoms with Crippen molar-refractivity contribution in [1.82, 2.24) is 15.3 Å². The van der Waals surface area contributed by atoms with E-state index in [1.807, 2.05) is 6.20 Å². The second kappa shape index (κ2) is 7.09. The predicted octanol–water partition coefficient (Wildman–Crippen LogP) is 2.28. The Morgan fingerprint density at radius 2 is 2.00 bits per heavy atom. The Bertz CT molecular complexity index is 269. The van der Waals surface area contributed by atoms with Gasteiger partial charge in [-0.1, -0.05) is 6.92 Å². The molecule has 0 bridgehead atoms. The molecule has 1 saturated heterocycles. The third kappa shape index (κ3) is 3.67. The fourth-order valence-electron chi connectivity index (χ4n) is 1.90. The third-order valence-electron chi connectivity index (χ3n) is 2.76. The van der Waals surface area contributed by atoms with E-state index < -0.39 is 0 Å². The number of hydrogen-bond donors (Lipinski definition) is 2. The summed E-state index contributed by atoms with van der Waals surface area (Å²) in [5.74, 6) is 1.82. The Morgan fingerprint density at radius 1 is 1.33 bits per heavy atom. The zero-order valence-electron chi connectivity index (χ0n) is 8.95. The van der Waals surface area contributed by atoms with E-state index in [4.69, 9.17) is 0 Å². The van der Waals surface area contributed by atoms with Gasteiger partial charge in [0, 0.05) is 24.2 Å². The van der Waals surface area contributed by atoms with E-state index in [9.17, 15) is 0 Å². The molecule has 0 aliphatic carbocycles. The zero-order chi connectivity index (χ0) is 9.10. The van der Waals surface area contributed by atoms with Crippen LogP contribution in [-0.2, 0) is 6.42 Å². The van der Waals surface area contributed by atoms with Crippen LogP contribution in [0.15, 0.2) is 6.20 Å². The van der Waals surface area contributed by atoms with Crippen LogP contribution in [0.3, 0.4) is 0 Å². The molecule has 0 spiro atoms. The summed E-state index contributed by atoms with van der Waals surface area (Å²) in [5, 5.41) is 3.37. The average Bonchev–Trinajstić information content (AvgIpc) is 2.67. The molecule has 2 rings (SSSR count). The monoisotopic (exact) mass is 251 g/mol. The number of imidazole rings is 1. The SMILES string of the molecule is CCc1ncc(C2CCNCC2)[nH]1.Cl.Cl. The number of rotatable bonds is 2. The van der Waals surface area contributed by atoms with Crippen molar-refractivity contribution in [3.8, 4) is 0 Å². The zero-order valence-corrected chi connectivity index (χ0v) is 10.6. The smallest absolute Gasteiger partial charge is 0.105 e. The van der Waals surface area contributed by atoms with Crippen molar-refractivity contribution in [3.63, 3.8) is 0 Å². The van der Waals surface area contributed by atoms with Crippen LogP contribution < -0.4 is 5.32 Å². The van der Waals surface area contributed by atoms with E-state index in [0.29, 0.717) is 5.92 Å². The molecule has 15 heavy (non-hydrogen) atoms. The van der Waals surface area contributed by atoms with Gasteiger partial charge in [-0.15, -0.1) is 24.8 Å². The summed E-state index contributed by atoms with van der Waals surface area (Å²) in [6, 6.07) is 0. The standard InChI is InChI=1S/C10H17N3.2ClH/c1-2-10-12-7-9(13-10)8-3-5-11-6-4-8;;/h7-8,11H,2-6H2,1H3,(H,12,13);2*1H. The third-order valence-corrected chi connectivity index (χ3v) is 2.76. The number of hydrogen-bond acceptors (Lipinski definition) is 2. The summed E-state index contributed by atoms with van der Waals surface area (Å²) >= 11 is 0. The molecule has 1 aromatic rings. The minimum absolute atomic E-state index is 0. The molecule has 1 aromatic heterocycles. The molecule has 2 N–H and O–H groups in total. The van der Waals surface area contributed by atoms with Crippen molar-refractivity contribution in [2.24, 2.45) is 0 Å². The highest BCUT2D eigenvalue weighted by Crippen LogP contribution is 2.23. The Balaban J connectivity index is 0.000000980. The first-order chi connectivity index (χ1) is 6.40. The lowest BCUT2D eigenvalue weighted by Crippen LogP contribution is -2.26. The van der Waals surface area contributed by atoms with Gasteiger partial charge in [0.2, 0.25) is 0 Å². The topological polar surface area (TPSA) is 40.7 Å². The van der Waals surface area contributed by atoms with Crippen LogP contribution in [-0.4, -0.2) is 23.1 Å². The van der Waals surface area contributed by atoms with Gasteiger partial charge in [0.05, 0.1) is 0 Å². The molecule has 5 heteroatoms. The van der Waals surface area contributed by atoms with Gasteiger partial charge in [-0.25, -0.2) is 4.98 Å². The lowest BCUT2D eigenvalue weighted by molar-refractivity contribution is 0.454. The molecule has 1 fully saturated rings. The predicted molar refractivity (Wildman–Crippen MR) is 67.3 cm³/mol. The Labute approximate surface area is 103 Å². The van der Waals surface area contributed by atoms with Crippen LogP contribution in [0, 0.1) is 0 Å². The van der Waals surface area contributed by atoms with Crippen LogP contribution in [0.1, 0.15) is 37.2 Å². The minimum atomic E-state index is 0. The highest BCUT2D eigenvalue weighted by molar-refractivity contribution is 5.85. The number of aryl methyl sites for hydroxylation is 1. The highest BCUT2D eigenvalue weighted by atomic mass is 35.5. The normalized spacial score (nSPS) is 16.6. The number of aromatic nitrogens is 2. The highest BCUT2D eigenvalue weighted by Gasteiger charge is 2.16. The molecule has 0 amide bonds. The maximum atomic E-state index is 4.33. The number of piperidine rings is 1. The van der Waals surface area contributed by atoms with E-state index in [-0.39, 0.29) is 24.8 Å². The first-order valence-electron chi connectivity index (χ1n) is 5.14.